The summed E-state index contributed by atoms with van der Waals surface area (Å²) in [6.45, 7) is 0. The molecule has 1 aliphatic carbocycles. The maximum atomic E-state index is 12.2. The van der Waals surface area contributed by atoms with Crippen molar-refractivity contribution in [1.29, 1.82) is 5.26 Å². The summed E-state index contributed by atoms with van der Waals surface area (Å²) in [5, 5.41) is 28.4. The lowest BCUT2D eigenvalue weighted by Crippen LogP contribution is -2.32. The summed E-state index contributed by atoms with van der Waals surface area (Å²) in [4.78, 5) is 12.2. The van der Waals surface area contributed by atoms with Gasteiger partial charge < -0.3 is 10.6 Å². The molecule has 1 fully saturated rings. The van der Waals surface area contributed by atoms with Gasteiger partial charge in [-0.15, -0.1) is 10.2 Å². The number of nitriles is 1. The van der Waals surface area contributed by atoms with Crippen molar-refractivity contribution in [3.63, 3.8) is 0 Å². The fraction of sp³-hybridized carbons (Fsp3) is 0.312. The number of aromatic nitrogens is 4. The van der Waals surface area contributed by atoms with Gasteiger partial charge >= 0.3 is 0 Å². The van der Waals surface area contributed by atoms with Crippen molar-refractivity contribution in [2.24, 2.45) is 0 Å². The number of carbonyl (C=O) groups is 1. The number of anilines is 1. The minimum absolute atomic E-state index is 0.0477. The fourth-order valence-electron chi connectivity index (χ4n) is 2.63. The van der Waals surface area contributed by atoms with E-state index in [0.717, 1.165) is 18.5 Å². The molecular weight excluding hydrogens is 306 g/mol. The quantitative estimate of drug-likeness (QED) is 0.722. The van der Waals surface area contributed by atoms with Crippen LogP contribution in [0.25, 0.3) is 5.57 Å². The van der Waals surface area contributed by atoms with E-state index in [1.165, 1.54) is 19.0 Å². The van der Waals surface area contributed by atoms with Crippen LogP contribution in [0.2, 0.25) is 0 Å². The van der Waals surface area contributed by atoms with Gasteiger partial charge in [0.05, 0.1) is 0 Å². The maximum Gasteiger partial charge on any atom is 0.251 e. The highest BCUT2D eigenvalue weighted by Gasteiger charge is 2.17. The lowest BCUT2D eigenvalue weighted by molar-refractivity contribution is 0.0938. The molecule has 3 rings (SSSR count). The van der Waals surface area contributed by atoms with E-state index in [4.69, 9.17) is 5.26 Å². The Kier molecular flexibility index (Phi) is 4.81. The van der Waals surface area contributed by atoms with Gasteiger partial charge in [0.15, 0.2) is 0 Å². The Morgan fingerprint density at radius 2 is 2.04 bits per heavy atom. The zero-order valence-electron chi connectivity index (χ0n) is 13.0. The number of aromatic amines is 1. The highest BCUT2D eigenvalue weighted by molar-refractivity contribution is 5.94. The molecule has 0 atom stereocenters. The van der Waals surface area contributed by atoms with Crippen LogP contribution in [-0.4, -0.2) is 32.6 Å². The first kappa shape index (κ1) is 15.7. The molecule has 1 amide bonds. The van der Waals surface area contributed by atoms with Gasteiger partial charge in [0.2, 0.25) is 5.82 Å². The van der Waals surface area contributed by atoms with Crippen molar-refractivity contribution in [1.82, 2.24) is 25.9 Å². The number of hydrogen-bond acceptors (Lipinski definition) is 6. The first-order valence-electron chi connectivity index (χ1n) is 7.78. The van der Waals surface area contributed by atoms with E-state index in [1.54, 1.807) is 24.3 Å². The van der Waals surface area contributed by atoms with Crippen molar-refractivity contribution < 1.29 is 4.79 Å². The number of carbonyl (C=O) groups excluding carboxylic acids is 1. The molecule has 2 aromatic rings. The largest absolute Gasteiger partial charge is 0.360 e. The van der Waals surface area contributed by atoms with Gasteiger partial charge in [0.1, 0.15) is 11.6 Å². The third kappa shape index (κ3) is 3.76. The molecule has 0 aliphatic heterocycles. The van der Waals surface area contributed by atoms with E-state index in [0.29, 0.717) is 11.6 Å². The van der Waals surface area contributed by atoms with E-state index in [-0.39, 0.29) is 17.3 Å². The molecule has 1 saturated carbocycles. The molecular formula is C16H17N7O. The predicted molar refractivity (Wildman–Crippen MR) is 87.6 cm³/mol. The minimum Gasteiger partial charge on any atom is -0.360 e. The smallest absolute Gasteiger partial charge is 0.251 e. The summed E-state index contributed by atoms with van der Waals surface area (Å²) in [5.41, 5.74) is 1.63. The van der Waals surface area contributed by atoms with Gasteiger partial charge in [-0.05, 0) is 42.3 Å². The standard InChI is InChI=1S/C16H17N7O/c17-9-12(15-20-22-23-21-15)10-18-13-7-5-11(6-8-13)16(24)19-14-3-1-2-4-14/h5-8,10,14,18H,1-4H2,(H,19,24)(H,20,21,22,23). The van der Waals surface area contributed by atoms with E-state index in [2.05, 4.69) is 31.3 Å². The number of allylic oxidation sites excluding steroid dienone is 1. The average Bonchev–Trinajstić information content (AvgIpc) is 3.30. The molecule has 1 aliphatic rings. The van der Waals surface area contributed by atoms with Gasteiger partial charge in [-0.25, -0.2) is 0 Å². The lowest BCUT2D eigenvalue weighted by atomic mass is 10.1. The highest BCUT2D eigenvalue weighted by Crippen LogP contribution is 2.18. The van der Waals surface area contributed by atoms with Crippen LogP contribution in [0.5, 0.6) is 0 Å². The van der Waals surface area contributed by atoms with Crippen LogP contribution >= 0.6 is 0 Å². The number of nitrogens with zero attached hydrogens (tertiary/aromatic N) is 4. The zero-order chi connectivity index (χ0) is 16.8. The van der Waals surface area contributed by atoms with Gasteiger partial charge in [-0.2, -0.15) is 10.5 Å². The van der Waals surface area contributed by atoms with Crippen molar-refractivity contribution in [3.8, 4) is 6.07 Å². The van der Waals surface area contributed by atoms with Crippen molar-refractivity contribution >= 4 is 17.2 Å². The number of tetrazole rings is 1. The van der Waals surface area contributed by atoms with Crippen molar-refractivity contribution in [3.05, 3.63) is 41.9 Å². The number of H-pyrrole nitrogens is 1. The Labute approximate surface area is 139 Å². The molecule has 0 saturated heterocycles. The second-order valence-corrected chi connectivity index (χ2v) is 5.58. The molecule has 0 unspecified atom stereocenters. The van der Waals surface area contributed by atoms with Gasteiger partial charge in [0, 0.05) is 23.5 Å². The Morgan fingerprint density at radius 1 is 1.29 bits per heavy atom. The lowest BCUT2D eigenvalue weighted by Gasteiger charge is -2.12. The average molecular weight is 323 g/mol. The van der Waals surface area contributed by atoms with E-state index in [9.17, 15) is 4.79 Å². The Balaban J connectivity index is 1.62. The van der Waals surface area contributed by atoms with E-state index in [1.807, 2.05) is 6.07 Å². The fourth-order valence-corrected chi connectivity index (χ4v) is 2.63. The Morgan fingerprint density at radius 3 is 2.67 bits per heavy atom. The van der Waals surface area contributed by atoms with Crippen LogP contribution in [0.1, 0.15) is 41.9 Å². The molecule has 0 radical (unpaired) electrons. The van der Waals surface area contributed by atoms with Gasteiger partial charge in [-0.3, -0.25) is 4.79 Å². The topological polar surface area (TPSA) is 119 Å². The number of amides is 1. The molecule has 3 N–H and O–H groups in total. The molecule has 8 nitrogen and oxygen atoms in total. The molecule has 24 heavy (non-hydrogen) atoms. The monoisotopic (exact) mass is 323 g/mol. The predicted octanol–water partition coefficient (Wildman–Crippen LogP) is 1.85. The Bertz CT molecular complexity index is 753. The van der Waals surface area contributed by atoms with Crippen LogP contribution in [0, 0.1) is 11.3 Å². The highest BCUT2D eigenvalue weighted by atomic mass is 16.1. The molecule has 0 spiro atoms. The van der Waals surface area contributed by atoms with Crippen LogP contribution in [0.4, 0.5) is 5.69 Å². The molecule has 1 aromatic heterocycles. The van der Waals surface area contributed by atoms with Crippen LogP contribution in [0.3, 0.4) is 0 Å². The zero-order valence-corrected chi connectivity index (χ0v) is 13.0. The third-order valence-electron chi connectivity index (χ3n) is 3.93. The van der Waals surface area contributed by atoms with Crippen molar-refractivity contribution in [2.45, 2.75) is 31.7 Å². The van der Waals surface area contributed by atoms with Gasteiger partial charge in [0.25, 0.3) is 5.91 Å². The number of benzene rings is 1. The number of rotatable bonds is 5. The summed E-state index contributed by atoms with van der Waals surface area (Å²) < 4.78 is 0. The molecule has 1 heterocycles. The first-order chi connectivity index (χ1) is 11.8. The van der Waals surface area contributed by atoms with Crippen molar-refractivity contribution in [2.75, 3.05) is 5.32 Å². The van der Waals surface area contributed by atoms with E-state index < -0.39 is 0 Å². The molecule has 8 heteroatoms. The second-order valence-electron chi connectivity index (χ2n) is 5.58. The van der Waals surface area contributed by atoms with Gasteiger partial charge in [-0.1, -0.05) is 12.8 Å². The maximum absolute atomic E-state index is 12.2. The molecule has 1 aromatic carbocycles. The second kappa shape index (κ2) is 7.37. The summed E-state index contributed by atoms with van der Waals surface area (Å²) in [7, 11) is 0. The SMILES string of the molecule is N#CC(=CNc1ccc(C(=O)NC2CCCC2)cc1)c1nn[nH]n1. The first-order valence-corrected chi connectivity index (χ1v) is 7.78. The normalized spacial score (nSPS) is 15.0. The molecule has 0 bridgehead atoms. The summed E-state index contributed by atoms with van der Waals surface area (Å²) >= 11 is 0. The van der Waals surface area contributed by atoms with E-state index >= 15 is 0 Å². The number of nitrogens with one attached hydrogen (secondary N) is 3. The van der Waals surface area contributed by atoms with Crippen LogP contribution in [-0.2, 0) is 0 Å². The summed E-state index contributed by atoms with van der Waals surface area (Å²) in [5.74, 6) is 0.172. The summed E-state index contributed by atoms with van der Waals surface area (Å²) in [6, 6.07) is 9.36. The summed E-state index contributed by atoms with van der Waals surface area (Å²) in [6.07, 6.45) is 5.98. The number of hydrogen-bond donors (Lipinski definition) is 3. The third-order valence-corrected chi connectivity index (χ3v) is 3.93. The van der Waals surface area contributed by atoms with Crippen LogP contribution in [0.15, 0.2) is 30.5 Å². The minimum atomic E-state index is -0.0477. The van der Waals surface area contributed by atoms with Crippen LogP contribution < -0.4 is 10.6 Å². The Hall–Kier alpha value is -3.21. The molecule has 122 valence electrons.